The first-order valence-electron chi connectivity index (χ1n) is 8.72. The smallest absolute Gasteiger partial charge is 0.263 e. The Morgan fingerprint density at radius 2 is 2.03 bits per heavy atom. The number of carbonyl (C=O) groups excluding carboxylic acids is 1. The molecule has 0 saturated carbocycles. The number of ether oxygens (including phenoxy) is 1. The number of nitrogens with one attached hydrogen (secondary N) is 1. The molecule has 2 aromatic heterocycles. The second-order valence-electron chi connectivity index (χ2n) is 6.27. The van der Waals surface area contributed by atoms with Crippen molar-refractivity contribution < 1.29 is 9.53 Å². The van der Waals surface area contributed by atoms with E-state index in [1.165, 1.54) is 29.3 Å². The quantitative estimate of drug-likeness (QED) is 0.513. The van der Waals surface area contributed by atoms with E-state index in [1.54, 1.807) is 18.2 Å². The molecule has 0 aliphatic heterocycles. The van der Waals surface area contributed by atoms with Crippen LogP contribution in [-0.4, -0.2) is 22.6 Å². The second-order valence-corrected chi connectivity index (χ2v) is 7.56. The highest BCUT2D eigenvalue weighted by Gasteiger charge is 2.15. The molecule has 2 aromatic carbocycles. The highest BCUT2D eigenvalue weighted by Crippen LogP contribution is 2.30. The third-order valence-electron chi connectivity index (χ3n) is 4.40. The number of hydrogen-bond donors (Lipinski definition) is 1. The van der Waals surface area contributed by atoms with Crippen molar-refractivity contribution in [2.45, 2.75) is 6.54 Å². The topological polar surface area (TPSA) is 73.2 Å². The van der Waals surface area contributed by atoms with Crippen LogP contribution in [0.1, 0.15) is 0 Å². The number of anilines is 1. The van der Waals surface area contributed by atoms with Crippen LogP contribution in [0.3, 0.4) is 0 Å². The van der Waals surface area contributed by atoms with E-state index in [2.05, 4.69) is 10.3 Å². The summed E-state index contributed by atoms with van der Waals surface area (Å²) in [5, 5.41) is 5.62. The number of fused-ring (bicyclic) bond motifs is 1. The Balaban J connectivity index is 1.65. The molecular weight excluding hydrogens is 410 g/mol. The minimum atomic E-state index is -0.384. The normalized spacial score (nSPS) is 10.8. The first-order valence-corrected chi connectivity index (χ1v) is 9.98. The van der Waals surface area contributed by atoms with Gasteiger partial charge in [0.05, 0.1) is 24.5 Å². The number of methoxy groups -OCH3 is 1. The minimum Gasteiger partial charge on any atom is -0.495 e. The summed E-state index contributed by atoms with van der Waals surface area (Å²) in [5.41, 5.74) is 1.92. The molecule has 2 heterocycles. The fourth-order valence-electron chi connectivity index (χ4n) is 3.03. The number of amides is 1. The molecule has 0 atom stereocenters. The van der Waals surface area contributed by atoms with Gasteiger partial charge in [0.25, 0.3) is 5.56 Å². The Morgan fingerprint density at radius 1 is 1.24 bits per heavy atom. The van der Waals surface area contributed by atoms with Crippen LogP contribution in [-0.2, 0) is 11.3 Å². The first kappa shape index (κ1) is 19.2. The number of nitrogens with zero attached hydrogens (tertiary/aromatic N) is 2. The fourth-order valence-corrected chi connectivity index (χ4v) is 4.11. The van der Waals surface area contributed by atoms with Crippen molar-refractivity contribution >= 4 is 44.7 Å². The van der Waals surface area contributed by atoms with E-state index in [-0.39, 0.29) is 18.0 Å². The van der Waals surface area contributed by atoms with Crippen LogP contribution in [0.25, 0.3) is 21.3 Å². The summed E-state index contributed by atoms with van der Waals surface area (Å²) in [6.45, 7) is -0.179. The zero-order chi connectivity index (χ0) is 20.4. The average Bonchev–Trinajstić information content (AvgIpc) is 3.16. The molecule has 1 amide bonds. The van der Waals surface area contributed by atoms with Crippen molar-refractivity contribution in [1.29, 1.82) is 0 Å². The van der Waals surface area contributed by atoms with Crippen molar-refractivity contribution in [3.05, 3.63) is 75.6 Å². The zero-order valence-corrected chi connectivity index (χ0v) is 17.0. The number of benzene rings is 2. The molecule has 0 radical (unpaired) electrons. The van der Waals surface area contributed by atoms with Crippen LogP contribution in [0, 0.1) is 0 Å². The molecule has 4 aromatic rings. The molecule has 0 bridgehead atoms. The number of halogens is 1. The van der Waals surface area contributed by atoms with Gasteiger partial charge in [-0.1, -0.05) is 41.9 Å². The van der Waals surface area contributed by atoms with Crippen LogP contribution in [0.4, 0.5) is 5.69 Å². The Kier molecular flexibility index (Phi) is 5.33. The SMILES string of the molecule is COc1ccc(Cl)cc1NC(=O)Cn1cnc2scc(-c3ccccc3)c2c1=O. The Hall–Kier alpha value is -3.16. The molecule has 4 rings (SSSR count). The van der Waals surface area contributed by atoms with E-state index in [4.69, 9.17) is 16.3 Å². The maximum Gasteiger partial charge on any atom is 0.263 e. The fraction of sp³-hybridized carbons (Fsp3) is 0.0952. The van der Waals surface area contributed by atoms with Crippen molar-refractivity contribution in [2.75, 3.05) is 12.4 Å². The van der Waals surface area contributed by atoms with Gasteiger partial charge in [0, 0.05) is 16.0 Å². The third-order valence-corrected chi connectivity index (χ3v) is 5.52. The first-order chi connectivity index (χ1) is 14.1. The van der Waals surface area contributed by atoms with Crippen LogP contribution < -0.4 is 15.6 Å². The number of hydrogen-bond acceptors (Lipinski definition) is 5. The molecule has 146 valence electrons. The maximum absolute atomic E-state index is 13.1. The molecule has 0 spiro atoms. The van der Waals surface area contributed by atoms with Gasteiger partial charge >= 0.3 is 0 Å². The maximum atomic E-state index is 13.1. The van der Waals surface area contributed by atoms with Crippen LogP contribution in [0.2, 0.25) is 5.02 Å². The number of carbonyl (C=O) groups is 1. The largest absolute Gasteiger partial charge is 0.495 e. The van der Waals surface area contributed by atoms with E-state index in [9.17, 15) is 9.59 Å². The van der Waals surface area contributed by atoms with Gasteiger partial charge in [-0.15, -0.1) is 11.3 Å². The van der Waals surface area contributed by atoms with Gasteiger partial charge in [-0.25, -0.2) is 4.98 Å². The third kappa shape index (κ3) is 3.87. The highest BCUT2D eigenvalue weighted by atomic mass is 35.5. The van der Waals surface area contributed by atoms with E-state index in [1.807, 2.05) is 35.7 Å². The summed E-state index contributed by atoms with van der Waals surface area (Å²) in [7, 11) is 1.50. The lowest BCUT2D eigenvalue weighted by Crippen LogP contribution is -2.27. The molecule has 0 saturated heterocycles. The van der Waals surface area contributed by atoms with Crippen LogP contribution >= 0.6 is 22.9 Å². The number of thiophene rings is 1. The van der Waals surface area contributed by atoms with Gasteiger partial charge < -0.3 is 10.1 Å². The molecule has 1 N–H and O–H groups in total. The van der Waals surface area contributed by atoms with Gasteiger partial charge in [-0.2, -0.15) is 0 Å². The highest BCUT2D eigenvalue weighted by molar-refractivity contribution is 7.17. The van der Waals surface area contributed by atoms with E-state index in [0.29, 0.717) is 26.7 Å². The summed E-state index contributed by atoms with van der Waals surface area (Å²) in [5.74, 6) is 0.0955. The van der Waals surface area contributed by atoms with E-state index >= 15 is 0 Å². The summed E-state index contributed by atoms with van der Waals surface area (Å²) in [4.78, 5) is 30.6. The van der Waals surface area contributed by atoms with Crippen molar-refractivity contribution in [3.63, 3.8) is 0 Å². The molecule has 0 aliphatic carbocycles. The molecular formula is C21H16ClN3O3S. The monoisotopic (exact) mass is 425 g/mol. The Labute approximate surface area is 175 Å². The van der Waals surface area contributed by atoms with Crippen LogP contribution in [0.5, 0.6) is 5.75 Å². The molecule has 6 nitrogen and oxygen atoms in total. The van der Waals surface area contributed by atoms with Gasteiger partial charge in [0.15, 0.2) is 0 Å². The van der Waals surface area contributed by atoms with Crippen molar-refractivity contribution in [1.82, 2.24) is 9.55 Å². The van der Waals surface area contributed by atoms with E-state index < -0.39 is 0 Å². The average molecular weight is 426 g/mol. The second kappa shape index (κ2) is 8.06. The lowest BCUT2D eigenvalue weighted by Gasteiger charge is -2.11. The number of rotatable bonds is 5. The number of aromatic nitrogens is 2. The molecule has 0 fully saturated rings. The Bertz CT molecular complexity index is 1250. The lowest BCUT2D eigenvalue weighted by atomic mass is 10.1. The standard InChI is InChI=1S/C21H16ClN3O3S/c1-28-17-8-7-14(22)9-16(17)24-18(26)10-25-12-23-20-19(21(25)27)15(11-29-20)13-5-3-2-4-6-13/h2-9,11-12H,10H2,1H3,(H,24,26). The summed E-state index contributed by atoms with van der Waals surface area (Å²) in [6, 6.07) is 14.6. The molecule has 0 aliphatic rings. The van der Waals surface area contributed by atoms with Crippen molar-refractivity contribution in [2.24, 2.45) is 0 Å². The summed E-state index contributed by atoms with van der Waals surface area (Å²) >= 11 is 7.40. The van der Waals surface area contributed by atoms with E-state index in [0.717, 1.165) is 11.1 Å². The lowest BCUT2D eigenvalue weighted by molar-refractivity contribution is -0.116. The molecule has 29 heavy (non-hydrogen) atoms. The van der Waals surface area contributed by atoms with Gasteiger partial charge in [0.2, 0.25) is 5.91 Å². The predicted octanol–water partition coefficient (Wildman–Crippen LogP) is 4.43. The predicted molar refractivity (Wildman–Crippen MR) is 116 cm³/mol. The molecule has 0 unspecified atom stereocenters. The van der Waals surface area contributed by atoms with Gasteiger partial charge in [-0.05, 0) is 23.8 Å². The zero-order valence-electron chi connectivity index (χ0n) is 15.4. The van der Waals surface area contributed by atoms with Gasteiger partial charge in [0.1, 0.15) is 17.1 Å². The minimum absolute atomic E-state index is 0.179. The van der Waals surface area contributed by atoms with Crippen LogP contribution in [0.15, 0.2) is 65.0 Å². The van der Waals surface area contributed by atoms with Gasteiger partial charge in [-0.3, -0.25) is 14.2 Å². The summed E-state index contributed by atoms with van der Waals surface area (Å²) in [6.07, 6.45) is 1.39. The van der Waals surface area contributed by atoms with Crippen molar-refractivity contribution in [3.8, 4) is 16.9 Å². The molecule has 8 heteroatoms. The summed E-state index contributed by atoms with van der Waals surface area (Å²) < 4.78 is 6.53. The Morgan fingerprint density at radius 3 is 2.79 bits per heavy atom.